The van der Waals surface area contributed by atoms with Crippen LogP contribution in [0.4, 0.5) is 14.5 Å². The summed E-state index contributed by atoms with van der Waals surface area (Å²) in [5, 5.41) is 6.85. The summed E-state index contributed by atoms with van der Waals surface area (Å²) >= 11 is 6.12. The molecule has 11 heteroatoms. The van der Waals surface area contributed by atoms with E-state index in [0.29, 0.717) is 49.0 Å². The molecule has 0 spiro atoms. The first-order chi connectivity index (χ1) is 21.1. The minimum Gasteiger partial charge on any atom is -0.381 e. The monoisotopic (exact) mass is 645 g/mol. The number of anilines is 1. The molecule has 44 heavy (non-hydrogen) atoms. The van der Waals surface area contributed by atoms with Gasteiger partial charge in [-0.25, -0.2) is 17.2 Å². The second kappa shape index (κ2) is 14.5. The third-order valence-corrected chi connectivity index (χ3v) is 11.0. The van der Waals surface area contributed by atoms with Gasteiger partial charge >= 0.3 is 0 Å². The fraction of sp³-hybridized carbons (Fsp3) is 0.424. The lowest BCUT2D eigenvalue weighted by molar-refractivity contribution is -0.117. The Morgan fingerprint density at radius 2 is 1.75 bits per heavy atom. The van der Waals surface area contributed by atoms with Crippen molar-refractivity contribution in [3.63, 3.8) is 0 Å². The number of hydrogen-bond acceptors (Lipinski definition) is 5. The zero-order valence-electron chi connectivity index (χ0n) is 24.6. The van der Waals surface area contributed by atoms with Gasteiger partial charge in [-0.2, -0.15) is 4.31 Å². The van der Waals surface area contributed by atoms with Crippen LogP contribution >= 0.6 is 11.6 Å². The minimum atomic E-state index is -3.93. The topological polar surface area (TPSA) is 87.7 Å². The van der Waals surface area contributed by atoms with Crippen LogP contribution in [0.25, 0.3) is 0 Å². The van der Waals surface area contributed by atoms with Gasteiger partial charge in [0.1, 0.15) is 11.6 Å². The van der Waals surface area contributed by atoms with Crippen LogP contribution in [0.5, 0.6) is 0 Å². The molecular formula is C33H38ClF2N3O4S. The molecule has 2 aliphatic heterocycles. The molecule has 0 aromatic heterocycles. The standard InChI is InChI=1S/C33H38ClF2N3O4S/c1-22-20-37-21-27(39(22)44(41,42)28-12-9-26(35)10-13-28)11-14-29-31(36)3-2-4-32(29)38-33(40)19-30(24-15-17-43-18-16-24)23-5-7-25(34)8-6-23/h2-10,12-13,22,24,27,30,37H,11,14-21H2,1H3,(H,38,40)/t22-,27+,30?/m1/s1. The average molecular weight is 646 g/mol. The Bertz CT molecular complexity index is 1530. The molecular weight excluding hydrogens is 608 g/mol. The highest BCUT2D eigenvalue weighted by Crippen LogP contribution is 2.36. The maximum atomic E-state index is 15.3. The summed E-state index contributed by atoms with van der Waals surface area (Å²) in [5.41, 5.74) is 1.73. The van der Waals surface area contributed by atoms with Crippen molar-refractivity contribution in [2.24, 2.45) is 5.92 Å². The van der Waals surface area contributed by atoms with Crippen molar-refractivity contribution >= 4 is 33.2 Å². The van der Waals surface area contributed by atoms with Gasteiger partial charge in [0.25, 0.3) is 0 Å². The molecule has 1 unspecified atom stereocenters. The maximum absolute atomic E-state index is 15.3. The largest absolute Gasteiger partial charge is 0.381 e. The fourth-order valence-electron chi connectivity index (χ4n) is 6.42. The third-order valence-electron chi connectivity index (χ3n) is 8.66. The number of carbonyl (C=O) groups is 1. The van der Waals surface area contributed by atoms with Gasteiger partial charge < -0.3 is 15.4 Å². The number of carbonyl (C=O) groups excluding carboxylic acids is 1. The van der Waals surface area contributed by atoms with Crippen molar-refractivity contribution in [3.8, 4) is 0 Å². The molecule has 0 bridgehead atoms. The summed E-state index contributed by atoms with van der Waals surface area (Å²) in [6.45, 7) is 3.94. The molecule has 0 saturated carbocycles. The van der Waals surface area contributed by atoms with Crippen LogP contribution in [0.3, 0.4) is 0 Å². The summed E-state index contributed by atoms with van der Waals surface area (Å²) in [7, 11) is -3.93. The van der Waals surface area contributed by atoms with Crippen molar-refractivity contribution in [3.05, 3.63) is 94.5 Å². The van der Waals surface area contributed by atoms with Gasteiger partial charge in [-0.1, -0.05) is 29.8 Å². The van der Waals surface area contributed by atoms with Gasteiger partial charge in [-0.15, -0.1) is 0 Å². The van der Waals surface area contributed by atoms with E-state index in [1.807, 2.05) is 31.2 Å². The summed E-state index contributed by atoms with van der Waals surface area (Å²) < 4.78 is 63.0. The third kappa shape index (κ3) is 7.66. The van der Waals surface area contributed by atoms with Gasteiger partial charge in [0.15, 0.2) is 0 Å². The smallest absolute Gasteiger partial charge is 0.243 e. The lowest BCUT2D eigenvalue weighted by atomic mass is 9.79. The van der Waals surface area contributed by atoms with Crippen LogP contribution in [0.2, 0.25) is 5.02 Å². The average Bonchev–Trinajstić information content (AvgIpc) is 3.00. The van der Waals surface area contributed by atoms with Gasteiger partial charge in [-0.05, 0) is 98.5 Å². The lowest BCUT2D eigenvalue weighted by Gasteiger charge is -2.40. The van der Waals surface area contributed by atoms with Crippen LogP contribution in [0, 0.1) is 17.6 Å². The fourth-order valence-corrected chi connectivity index (χ4v) is 8.39. The number of nitrogens with zero attached hydrogens (tertiary/aromatic N) is 1. The number of nitrogens with one attached hydrogen (secondary N) is 2. The Labute approximate surface area is 263 Å². The van der Waals surface area contributed by atoms with Crippen molar-refractivity contribution < 1.29 is 26.7 Å². The number of sulfonamides is 1. The molecule has 3 aromatic rings. The van der Waals surface area contributed by atoms with E-state index in [2.05, 4.69) is 10.6 Å². The lowest BCUT2D eigenvalue weighted by Crippen LogP contribution is -2.58. The second-order valence-corrected chi connectivity index (χ2v) is 13.9. The van der Waals surface area contributed by atoms with Crippen molar-refractivity contribution in [1.82, 2.24) is 9.62 Å². The summed E-state index contributed by atoms with van der Waals surface area (Å²) in [5.74, 6) is -0.996. The number of ether oxygens (including phenoxy) is 1. The van der Waals surface area contributed by atoms with E-state index in [4.69, 9.17) is 16.3 Å². The minimum absolute atomic E-state index is 0.0104. The number of rotatable bonds is 10. The number of benzene rings is 3. The predicted molar refractivity (Wildman–Crippen MR) is 167 cm³/mol. The Hall–Kier alpha value is -2.89. The quantitative estimate of drug-likeness (QED) is 0.277. The molecule has 2 N–H and O–H groups in total. The normalized spacial score (nSPS) is 20.7. The van der Waals surface area contributed by atoms with Crippen molar-refractivity contribution in [2.75, 3.05) is 31.6 Å². The molecule has 2 saturated heterocycles. The maximum Gasteiger partial charge on any atom is 0.243 e. The Morgan fingerprint density at radius 1 is 1.05 bits per heavy atom. The first-order valence-electron chi connectivity index (χ1n) is 15.0. The molecule has 0 aliphatic carbocycles. The van der Waals surface area contributed by atoms with E-state index in [-0.39, 0.29) is 41.5 Å². The number of piperazine rings is 1. The van der Waals surface area contributed by atoms with Gasteiger partial charge in [0, 0.05) is 61.1 Å². The van der Waals surface area contributed by atoms with E-state index in [0.717, 1.165) is 30.5 Å². The molecule has 7 nitrogen and oxygen atoms in total. The van der Waals surface area contributed by atoms with E-state index < -0.39 is 27.7 Å². The molecule has 2 heterocycles. The predicted octanol–water partition coefficient (Wildman–Crippen LogP) is 6.14. The van der Waals surface area contributed by atoms with Crippen LogP contribution in [0.15, 0.2) is 71.6 Å². The first kappa shape index (κ1) is 32.5. The molecule has 2 aliphatic rings. The summed E-state index contributed by atoms with van der Waals surface area (Å²) in [6, 6.07) is 16.1. The molecule has 2 fully saturated rings. The highest BCUT2D eigenvalue weighted by Gasteiger charge is 2.38. The number of hydrogen-bond donors (Lipinski definition) is 2. The Balaban J connectivity index is 1.32. The number of halogens is 3. The molecule has 236 valence electrons. The van der Waals surface area contributed by atoms with Gasteiger partial charge in [-0.3, -0.25) is 4.79 Å². The molecule has 3 atom stereocenters. The second-order valence-electron chi connectivity index (χ2n) is 11.6. The van der Waals surface area contributed by atoms with E-state index in [9.17, 15) is 17.6 Å². The highest BCUT2D eigenvalue weighted by molar-refractivity contribution is 7.89. The van der Waals surface area contributed by atoms with Crippen LogP contribution in [0.1, 0.15) is 49.7 Å². The molecule has 3 aromatic carbocycles. The van der Waals surface area contributed by atoms with Crippen LogP contribution in [-0.2, 0) is 26.0 Å². The van der Waals surface area contributed by atoms with Crippen LogP contribution < -0.4 is 10.6 Å². The SMILES string of the molecule is C[C@@H]1CNC[C@H](CCc2c(F)cccc2NC(=O)CC(c2ccc(Cl)cc2)C2CCOCC2)N1S(=O)(=O)c1ccc(F)cc1. The van der Waals surface area contributed by atoms with Crippen LogP contribution in [-0.4, -0.2) is 57.0 Å². The zero-order valence-corrected chi connectivity index (χ0v) is 26.2. The zero-order chi connectivity index (χ0) is 31.3. The van der Waals surface area contributed by atoms with E-state index in [1.54, 1.807) is 12.1 Å². The molecule has 1 amide bonds. The van der Waals surface area contributed by atoms with Crippen molar-refractivity contribution in [2.45, 2.75) is 61.9 Å². The molecule has 5 rings (SSSR count). The van der Waals surface area contributed by atoms with Crippen molar-refractivity contribution in [1.29, 1.82) is 0 Å². The van der Waals surface area contributed by atoms with Gasteiger partial charge in [0.2, 0.25) is 15.9 Å². The summed E-state index contributed by atoms with van der Waals surface area (Å²) in [4.78, 5) is 13.5. The number of amides is 1. The van der Waals surface area contributed by atoms with E-state index >= 15 is 4.39 Å². The Morgan fingerprint density at radius 3 is 2.45 bits per heavy atom. The highest BCUT2D eigenvalue weighted by atomic mass is 35.5. The van der Waals surface area contributed by atoms with E-state index in [1.165, 1.54) is 22.5 Å². The summed E-state index contributed by atoms with van der Waals surface area (Å²) in [6.07, 6.45) is 2.43. The Kier molecular flexibility index (Phi) is 10.7. The van der Waals surface area contributed by atoms with Gasteiger partial charge in [0.05, 0.1) is 4.90 Å². The first-order valence-corrected chi connectivity index (χ1v) is 16.9. The molecule has 0 radical (unpaired) electrons.